The molecule has 6 nitrogen and oxygen atoms in total. The summed E-state index contributed by atoms with van der Waals surface area (Å²) < 4.78 is 366. The van der Waals surface area contributed by atoms with Crippen LogP contribution in [0.3, 0.4) is 0 Å². The molecule has 0 N–H and O–H groups in total. The Hall–Kier alpha value is -11.4. The molecule has 0 atom stereocenters. The molecule has 0 aliphatic rings. The van der Waals surface area contributed by atoms with Gasteiger partial charge in [-0.05, 0) is 131 Å². The minimum absolute atomic E-state index is 0. The molecule has 0 fully saturated rings. The smallest absolute Gasteiger partial charge is 0.456 e. The standard InChI is InChI=1S/C48H32N2O4.C32H12BF24.C3H5.Ni/c1-29(49-47-35(43-25-31-13-3-7-21-39(31)51-43)17-11-18-36(47)44-26-32-14-4-8-22-40(32)52-44)30(2)50-48-37(45-27-33-15-5-9-23-41(33)53-45)19-12-20-38(48)46-28-34-16-6-10-24-42(34)54-46;34-25(35,36)13-1-14(26(37,38)39)6-21(5-13)33(22-7-15(27(40,41)42)2-16(8-22)28(43,44)45,23-9-17(29(46,47)48)3-18(10-23)30(49,50)51)24-11-19(31(52,53)54)4-20(12-24)32(55,56)57;1-3-2;/h3-28H,1-2H3;1-12H;3H,1-2H2;/q;-1;;+2. The summed E-state index contributed by atoms with van der Waals surface area (Å²) in [6.45, 7) is 10.5. The molecule has 0 spiro atoms. The number of alkyl halides is 24. The number of fused-ring (bicyclic) bond motifs is 4. The van der Waals surface area contributed by atoms with Crippen molar-refractivity contribution in [2.24, 2.45) is 9.98 Å². The minimum Gasteiger partial charge on any atom is -0.456 e. The van der Waals surface area contributed by atoms with Crippen LogP contribution in [-0.2, 0) is 65.9 Å². The molecule has 0 unspecified atom stereocenters. The van der Waals surface area contributed by atoms with Crippen molar-refractivity contribution < 1.29 is 140 Å². The first-order chi connectivity index (χ1) is 53.2. The molecule has 595 valence electrons. The van der Waals surface area contributed by atoms with E-state index >= 15 is 0 Å². The van der Waals surface area contributed by atoms with Gasteiger partial charge < -0.3 is 17.7 Å². The molecule has 3 radical (unpaired) electrons. The van der Waals surface area contributed by atoms with Crippen LogP contribution in [0.5, 0.6) is 0 Å². The first-order valence-corrected chi connectivity index (χ1v) is 33.3. The molecule has 4 heterocycles. The van der Waals surface area contributed by atoms with Crippen molar-refractivity contribution >= 4 is 94.7 Å². The summed E-state index contributed by atoms with van der Waals surface area (Å²) in [7, 11) is 0. The van der Waals surface area contributed by atoms with Crippen LogP contribution in [0.25, 0.3) is 89.2 Å². The Labute approximate surface area is 645 Å². The third kappa shape index (κ3) is 17.9. The molecule has 32 heteroatoms. The van der Waals surface area contributed by atoms with E-state index in [2.05, 4.69) is 62.4 Å². The fourth-order valence-corrected chi connectivity index (χ4v) is 13.1. The Bertz CT molecular complexity index is 5040. The molecule has 0 saturated carbocycles. The van der Waals surface area contributed by atoms with Crippen LogP contribution in [0.1, 0.15) is 58.4 Å². The van der Waals surface area contributed by atoms with Crippen LogP contribution in [0.15, 0.2) is 258 Å². The molecule has 0 amide bonds. The number of furan rings is 4. The van der Waals surface area contributed by atoms with Gasteiger partial charge in [0.1, 0.15) is 51.5 Å². The molecule has 0 bridgehead atoms. The predicted octanol–water partition coefficient (Wildman–Crippen LogP) is 26.3. The maximum Gasteiger partial charge on any atom is 2.00 e. The molecule has 14 rings (SSSR count). The van der Waals surface area contributed by atoms with Gasteiger partial charge >= 0.3 is 65.9 Å². The zero-order valence-corrected chi connectivity index (χ0v) is 59.4. The van der Waals surface area contributed by atoms with Gasteiger partial charge in [0.2, 0.25) is 0 Å². The molecule has 115 heavy (non-hydrogen) atoms. The maximum atomic E-state index is 14.2. The number of hydrogen-bond donors (Lipinski definition) is 0. The van der Waals surface area contributed by atoms with E-state index in [4.69, 9.17) is 27.7 Å². The van der Waals surface area contributed by atoms with Crippen molar-refractivity contribution in [3.8, 4) is 45.3 Å². The quantitative estimate of drug-likeness (QED) is 0.0734. The third-order valence-corrected chi connectivity index (χ3v) is 18.4. The number of nitrogens with zero attached hydrogens (tertiary/aromatic N) is 2. The first kappa shape index (κ1) is 84.5. The van der Waals surface area contributed by atoms with E-state index in [1.54, 1.807) is 0 Å². The van der Waals surface area contributed by atoms with E-state index < -0.39 is 195 Å². The van der Waals surface area contributed by atoms with E-state index in [0.717, 1.165) is 112 Å². The molecular formula is C83H49BF24N2NiO4+. The Kier molecular flexibility index (Phi) is 23.1. The van der Waals surface area contributed by atoms with Crippen molar-refractivity contribution in [1.82, 2.24) is 0 Å². The van der Waals surface area contributed by atoms with Gasteiger partial charge in [-0.15, -0.1) is 0 Å². The summed E-state index contributed by atoms with van der Waals surface area (Å²) in [4.78, 5) is 10.7. The van der Waals surface area contributed by atoms with Crippen LogP contribution in [0.2, 0.25) is 0 Å². The van der Waals surface area contributed by atoms with Gasteiger partial charge in [-0.25, -0.2) is 0 Å². The van der Waals surface area contributed by atoms with E-state index in [1.807, 2.05) is 123 Å². The van der Waals surface area contributed by atoms with Crippen LogP contribution < -0.4 is 21.9 Å². The number of halogens is 24. The predicted molar refractivity (Wildman–Crippen MR) is 384 cm³/mol. The van der Waals surface area contributed by atoms with E-state index in [1.165, 1.54) is 6.42 Å². The van der Waals surface area contributed by atoms with Gasteiger partial charge in [0.05, 0.1) is 67.3 Å². The Morgan fingerprint density at radius 2 is 0.443 bits per heavy atom. The van der Waals surface area contributed by atoms with Crippen LogP contribution in [-0.4, -0.2) is 17.6 Å². The molecular weight excluding hydrogens is 1610 g/mol. The number of hydrogen-bond acceptors (Lipinski definition) is 6. The average Bonchev–Trinajstić information content (AvgIpc) is 1.70. The minimum atomic E-state index is -6.13. The first-order valence-electron chi connectivity index (χ1n) is 33.3. The number of rotatable bonds is 11. The third-order valence-electron chi connectivity index (χ3n) is 18.4. The van der Waals surface area contributed by atoms with E-state index in [-0.39, 0.29) is 16.5 Å². The monoisotopic (exact) mass is 1660 g/mol. The number of benzene rings is 10. The topological polar surface area (TPSA) is 77.3 Å². The van der Waals surface area contributed by atoms with Gasteiger partial charge in [0.25, 0.3) is 0 Å². The van der Waals surface area contributed by atoms with Crippen LogP contribution in [0, 0.1) is 20.3 Å². The van der Waals surface area contributed by atoms with Crippen LogP contribution in [0.4, 0.5) is 117 Å². The Balaban J connectivity index is 0.000000217. The molecule has 0 aliphatic carbocycles. The molecule has 10 aromatic carbocycles. The van der Waals surface area contributed by atoms with E-state index in [9.17, 15) is 105 Å². The van der Waals surface area contributed by atoms with E-state index in [0.29, 0.717) is 0 Å². The maximum absolute atomic E-state index is 14.2. The molecule has 0 saturated heterocycles. The summed E-state index contributed by atoms with van der Waals surface area (Å²) in [5, 5.41) is 4.08. The second-order valence-corrected chi connectivity index (χ2v) is 25.9. The fourth-order valence-electron chi connectivity index (χ4n) is 13.1. The van der Waals surface area contributed by atoms with Crippen LogP contribution >= 0.6 is 0 Å². The second-order valence-electron chi connectivity index (χ2n) is 25.9. The molecule has 0 aliphatic heterocycles. The average molecular weight is 1660 g/mol. The Morgan fingerprint density at radius 1 is 0.270 bits per heavy atom. The SMILES string of the molecule is CC(=Nc1c(-c2cc3ccccc3o2)cccc1-c1cc2ccccc2o1)C(C)=Nc1c(-c2cc3ccccc3o2)cccc1-c1cc2ccccc2o1.FC(F)(F)c1cc([B-](c2cc(C(F)(F)F)cc(C(F)(F)F)c2)(c2cc(C(F)(F)F)cc(C(F)(F)F)c2)c2cc(C(F)(F)F)cc(C(F)(F)F)c2)cc(C(F)(F)F)c1.[CH2][CH][CH2].[Ni+2]. The summed E-state index contributed by atoms with van der Waals surface area (Å²) in [6.07, 6.45) is -53.3. The van der Waals surface area contributed by atoms with Gasteiger partial charge in [-0.2, -0.15) is 127 Å². The Morgan fingerprint density at radius 3 is 0.609 bits per heavy atom. The van der Waals surface area contributed by atoms with Gasteiger partial charge in [0.15, 0.2) is 0 Å². The number of aliphatic imine (C=N–C) groups is 2. The van der Waals surface area contributed by atoms with Crippen molar-refractivity contribution in [3.05, 3.63) is 295 Å². The van der Waals surface area contributed by atoms with Gasteiger partial charge in [-0.3, -0.25) is 9.98 Å². The largest absolute Gasteiger partial charge is 2.00 e. The van der Waals surface area contributed by atoms with Gasteiger partial charge in [0, 0.05) is 43.8 Å². The summed E-state index contributed by atoms with van der Waals surface area (Å²) >= 11 is 0. The number of para-hydroxylation sites is 6. The molecule has 14 aromatic rings. The zero-order valence-electron chi connectivity index (χ0n) is 58.4. The van der Waals surface area contributed by atoms with Crippen molar-refractivity contribution in [3.63, 3.8) is 0 Å². The molecule has 4 aromatic heterocycles. The van der Waals surface area contributed by atoms with Crippen molar-refractivity contribution in [2.45, 2.75) is 63.3 Å². The zero-order chi connectivity index (χ0) is 82.8. The fraction of sp³-hybridized carbons (Fsp3) is 0.120. The van der Waals surface area contributed by atoms with Crippen molar-refractivity contribution in [1.29, 1.82) is 0 Å². The normalized spacial score (nSPS) is 13.1. The summed E-state index contributed by atoms with van der Waals surface area (Å²) in [5.74, 6) is 2.88. The summed E-state index contributed by atoms with van der Waals surface area (Å²) in [5.41, 5.74) is -20.7. The van der Waals surface area contributed by atoms with Crippen molar-refractivity contribution in [2.75, 3.05) is 0 Å². The summed E-state index contributed by atoms with van der Waals surface area (Å²) in [6, 6.07) is 43.7. The van der Waals surface area contributed by atoms with Gasteiger partial charge in [-0.1, -0.05) is 133 Å². The second kappa shape index (κ2) is 31.4.